The summed E-state index contributed by atoms with van der Waals surface area (Å²) >= 11 is 4.74. The molecule has 0 saturated carbocycles. The Kier molecular flexibility index (Phi) is 20.7. The fourth-order valence-corrected chi connectivity index (χ4v) is 14.4. The van der Waals surface area contributed by atoms with Crippen molar-refractivity contribution in [3.8, 4) is 83.5 Å². The number of para-hydroxylation sites is 15. The Morgan fingerprint density at radius 2 is 0.510 bits per heavy atom. The van der Waals surface area contributed by atoms with E-state index in [-0.39, 0.29) is 56.2 Å². The minimum atomic E-state index is -0.833. The third kappa shape index (κ3) is 14.3. The number of phenols is 3. The van der Waals surface area contributed by atoms with E-state index >= 15 is 0 Å². The standard InChI is InChI=1S/3C25H16N2O2S.2C2H4O2.2Zn/c3*28-21-15-16(13-14-17(21)25-26-18-7-1-6-12-24(18)30-25)27-19-8-2-4-10-22(19)29-23-11-5-3-9-20(23)27;2*1-2(3)4;;/h3*1-15,28H;2*1H3,(H,3,4);;. The van der Waals surface area contributed by atoms with Crippen LogP contribution in [0.15, 0.2) is 273 Å². The molecule has 0 fully saturated rings. The molecule has 3 aliphatic heterocycles. The average Bonchev–Trinajstić information content (AvgIpc) is 0.910. The molecule has 484 valence electrons. The van der Waals surface area contributed by atoms with Crippen LogP contribution < -0.4 is 28.9 Å². The molecule has 18 rings (SSSR count). The number of aromatic nitrogens is 3. The molecule has 3 aromatic heterocycles. The zero-order valence-corrected chi connectivity index (χ0v) is 62.0. The van der Waals surface area contributed by atoms with E-state index in [4.69, 9.17) is 34.0 Å². The SMILES string of the molecule is CC(=O)O.CC(=O)O.Oc1cc(N2c3ccccc3Oc3ccccc32)ccc1-c1nc2ccccc2s1.Oc1cc(N2c3ccccc3Oc3ccccc32)ccc1-c1nc2ccccc2s1.Oc1cc(N2c3ccccc3Oc3ccccc32)ccc1-c1nc2ccccc2s1.[Zn].[Zn]. The van der Waals surface area contributed by atoms with E-state index in [0.717, 1.165) is 162 Å². The Hall–Kier alpha value is -11.3. The summed E-state index contributed by atoms with van der Waals surface area (Å²) in [5.74, 6) is 3.64. The van der Waals surface area contributed by atoms with Crippen molar-refractivity contribution in [2.45, 2.75) is 13.8 Å². The second-order valence-electron chi connectivity index (χ2n) is 22.2. The maximum atomic E-state index is 10.9. The number of thiazole rings is 3. The maximum absolute atomic E-state index is 10.9. The summed E-state index contributed by atoms with van der Waals surface area (Å²) in [4.78, 5) is 38.4. The van der Waals surface area contributed by atoms with Crippen LogP contribution in [0.4, 0.5) is 51.2 Å². The second-order valence-corrected chi connectivity index (χ2v) is 25.3. The van der Waals surface area contributed by atoms with Crippen molar-refractivity contribution in [3.63, 3.8) is 0 Å². The molecule has 21 heteroatoms. The van der Waals surface area contributed by atoms with Crippen LogP contribution in [0.3, 0.4) is 0 Å². The number of benzene rings is 12. The first-order valence-corrected chi connectivity index (χ1v) is 33.2. The van der Waals surface area contributed by atoms with E-state index < -0.39 is 11.9 Å². The molecule has 12 aromatic carbocycles. The number of hydrogen-bond donors (Lipinski definition) is 5. The zero-order valence-electron chi connectivity index (χ0n) is 53.6. The number of rotatable bonds is 6. The molecule has 0 saturated heterocycles. The molecular weight excluding hydrogens is 1420 g/mol. The third-order valence-electron chi connectivity index (χ3n) is 15.6. The van der Waals surface area contributed by atoms with Gasteiger partial charge >= 0.3 is 0 Å². The minimum absolute atomic E-state index is 0. The molecule has 0 bridgehead atoms. The molecule has 0 spiro atoms. The van der Waals surface area contributed by atoms with Gasteiger partial charge in [-0.15, -0.1) is 34.0 Å². The predicted octanol–water partition coefficient (Wildman–Crippen LogP) is 21.9. The van der Waals surface area contributed by atoms with Crippen LogP contribution in [0.2, 0.25) is 0 Å². The van der Waals surface area contributed by atoms with Crippen LogP contribution in [0.1, 0.15) is 13.8 Å². The van der Waals surface area contributed by atoms with Crippen LogP contribution in [0.25, 0.3) is 62.4 Å². The summed E-state index contributed by atoms with van der Waals surface area (Å²) in [5.41, 5.74) is 13.2. The normalized spacial score (nSPS) is 11.6. The second kappa shape index (κ2) is 30.2. The van der Waals surface area contributed by atoms with Crippen molar-refractivity contribution in [3.05, 3.63) is 273 Å². The van der Waals surface area contributed by atoms with Crippen LogP contribution in [0.5, 0.6) is 51.7 Å². The van der Waals surface area contributed by atoms with Gasteiger partial charge in [-0.1, -0.05) is 109 Å². The van der Waals surface area contributed by atoms with Crippen LogP contribution in [-0.4, -0.2) is 52.4 Å². The average molecular weight is 1480 g/mol. The number of nitrogens with zero attached hydrogens (tertiary/aromatic N) is 6. The van der Waals surface area contributed by atoms with Gasteiger partial charge in [-0.2, -0.15) is 0 Å². The van der Waals surface area contributed by atoms with Gasteiger partial charge in [-0.05, 0) is 146 Å². The largest absolute Gasteiger partial charge is 0.507 e. The quantitative estimate of drug-likeness (QED) is 0.0980. The first-order valence-electron chi connectivity index (χ1n) is 30.7. The van der Waals surface area contributed by atoms with E-state index in [9.17, 15) is 15.3 Å². The fourth-order valence-electron chi connectivity index (χ4n) is 11.4. The number of aromatic hydroxyl groups is 3. The van der Waals surface area contributed by atoms with Gasteiger partial charge in [0, 0.05) is 71.0 Å². The number of anilines is 9. The van der Waals surface area contributed by atoms with E-state index in [0.29, 0.717) is 0 Å². The number of carbonyl (C=O) groups is 2. The molecule has 0 amide bonds. The Morgan fingerprint density at radius 3 is 0.720 bits per heavy atom. The molecule has 16 nitrogen and oxygen atoms in total. The molecule has 0 radical (unpaired) electrons. The molecule has 0 atom stereocenters. The summed E-state index contributed by atoms with van der Waals surface area (Å²) in [6.07, 6.45) is 0. The van der Waals surface area contributed by atoms with Crippen LogP contribution in [0, 0.1) is 0 Å². The Bertz CT molecular complexity index is 4740. The number of phenolic OH excluding ortho intramolecular Hbond substituents is 3. The Morgan fingerprint density at radius 1 is 0.310 bits per heavy atom. The van der Waals surface area contributed by atoms with Crippen molar-refractivity contribution in [1.82, 2.24) is 15.0 Å². The number of carboxylic acids is 2. The summed E-state index contributed by atoms with van der Waals surface area (Å²) in [5, 5.41) is 50.0. The van der Waals surface area contributed by atoms with E-state index in [1.54, 1.807) is 52.2 Å². The Balaban J connectivity index is 0.000000133. The third-order valence-corrected chi connectivity index (χ3v) is 18.8. The van der Waals surface area contributed by atoms with Gasteiger partial charge in [0.2, 0.25) is 0 Å². The van der Waals surface area contributed by atoms with Crippen LogP contribution >= 0.6 is 34.0 Å². The van der Waals surface area contributed by atoms with Crippen molar-refractivity contribution in [1.29, 1.82) is 0 Å². The van der Waals surface area contributed by atoms with Gasteiger partial charge in [0.1, 0.15) is 32.3 Å². The number of hydrogen-bond acceptors (Lipinski definition) is 17. The van der Waals surface area contributed by atoms with E-state index in [2.05, 4.69) is 29.7 Å². The molecule has 0 aliphatic carbocycles. The summed E-state index contributed by atoms with van der Waals surface area (Å²) in [6.45, 7) is 2.17. The van der Waals surface area contributed by atoms with Gasteiger partial charge in [0.25, 0.3) is 11.9 Å². The van der Waals surface area contributed by atoms with Gasteiger partial charge in [-0.3, -0.25) is 9.59 Å². The molecule has 0 unspecified atom stereocenters. The fraction of sp³-hybridized carbons (Fsp3) is 0.0253. The summed E-state index contributed by atoms with van der Waals surface area (Å²) in [6, 6.07) is 88.7. The molecule has 100 heavy (non-hydrogen) atoms. The first kappa shape index (κ1) is 68.6. The number of carboxylic acid groups (broad SMARTS) is 2. The monoisotopic (exact) mass is 1470 g/mol. The smallest absolute Gasteiger partial charge is 0.300 e. The van der Waals surface area contributed by atoms with Gasteiger partial charge in [0.15, 0.2) is 34.5 Å². The van der Waals surface area contributed by atoms with Gasteiger partial charge < -0.3 is 54.4 Å². The summed E-state index contributed by atoms with van der Waals surface area (Å²) < 4.78 is 21.5. The topological polar surface area (TPSA) is 211 Å². The minimum Gasteiger partial charge on any atom is -0.507 e. The number of ether oxygens (including phenoxy) is 3. The van der Waals surface area contributed by atoms with Crippen LogP contribution in [-0.2, 0) is 48.5 Å². The number of fused-ring (bicyclic) bond motifs is 9. The van der Waals surface area contributed by atoms with Crippen molar-refractivity contribution in [2.24, 2.45) is 0 Å². The molecule has 6 heterocycles. The molecular formula is C79H56N6O10S3Zn2. The Labute approximate surface area is 611 Å². The van der Waals surface area contributed by atoms with Gasteiger partial charge in [-0.25, -0.2) is 15.0 Å². The van der Waals surface area contributed by atoms with Crippen molar-refractivity contribution in [2.75, 3.05) is 14.7 Å². The maximum Gasteiger partial charge on any atom is 0.300 e. The molecule has 15 aromatic rings. The van der Waals surface area contributed by atoms with Crippen molar-refractivity contribution >= 4 is 128 Å². The predicted molar refractivity (Wildman–Crippen MR) is 391 cm³/mol. The van der Waals surface area contributed by atoms with Gasteiger partial charge in [0.05, 0.1) is 98.5 Å². The van der Waals surface area contributed by atoms with E-state index in [1.807, 2.05) is 255 Å². The number of aliphatic carboxylic acids is 2. The first-order chi connectivity index (χ1) is 47.8. The molecule has 5 N–H and O–H groups in total. The van der Waals surface area contributed by atoms with Crippen molar-refractivity contribution < 1.29 is 88.3 Å². The summed E-state index contributed by atoms with van der Waals surface area (Å²) in [7, 11) is 0. The van der Waals surface area contributed by atoms with E-state index in [1.165, 1.54) is 0 Å². The molecule has 3 aliphatic rings. The zero-order chi connectivity index (χ0) is 67.4.